The first-order valence-electron chi connectivity index (χ1n) is 4.74. The summed E-state index contributed by atoms with van der Waals surface area (Å²) < 4.78 is 4.04. The molecule has 0 aromatic carbocycles. The lowest BCUT2D eigenvalue weighted by Gasteiger charge is -2.01. The molecular formula is C10H10ClN3S. The van der Waals surface area contributed by atoms with E-state index in [1.165, 1.54) is 11.5 Å². The lowest BCUT2D eigenvalue weighted by molar-refractivity contribution is 0.837. The van der Waals surface area contributed by atoms with E-state index in [0.717, 1.165) is 29.2 Å². The number of rotatable bonds is 3. The van der Waals surface area contributed by atoms with Crippen molar-refractivity contribution in [2.75, 3.05) is 0 Å². The summed E-state index contributed by atoms with van der Waals surface area (Å²) in [5, 5.41) is 0.497. The minimum atomic E-state index is 0.497. The SMILES string of the molecule is CCCc1nc(Cl)cc(-c2ccns2)n1. The maximum atomic E-state index is 5.94. The van der Waals surface area contributed by atoms with Crippen molar-refractivity contribution in [3.8, 4) is 10.6 Å². The van der Waals surface area contributed by atoms with Crippen molar-refractivity contribution in [2.45, 2.75) is 19.8 Å². The maximum absolute atomic E-state index is 5.94. The van der Waals surface area contributed by atoms with E-state index in [1.54, 1.807) is 12.3 Å². The summed E-state index contributed by atoms with van der Waals surface area (Å²) in [6.07, 6.45) is 3.63. The molecule has 0 radical (unpaired) electrons. The van der Waals surface area contributed by atoms with Crippen LogP contribution in [-0.2, 0) is 6.42 Å². The number of nitrogens with zero attached hydrogens (tertiary/aromatic N) is 3. The summed E-state index contributed by atoms with van der Waals surface area (Å²) in [7, 11) is 0. The van der Waals surface area contributed by atoms with Crippen LogP contribution in [0.4, 0.5) is 0 Å². The smallest absolute Gasteiger partial charge is 0.133 e. The van der Waals surface area contributed by atoms with E-state index in [1.807, 2.05) is 6.07 Å². The molecule has 0 amide bonds. The van der Waals surface area contributed by atoms with Crippen LogP contribution in [0.5, 0.6) is 0 Å². The van der Waals surface area contributed by atoms with Crippen LogP contribution in [0.25, 0.3) is 10.6 Å². The Bertz CT molecular complexity index is 442. The van der Waals surface area contributed by atoms with Gasteiger partial charge >= 0.3 is 0 Å². The number of aryl methyl sites for hydroxylation is 1. The second-order valence-corrected chi connectivity index (χ2v) is 4.34. The zero-order chi connectivity index (χ0) is 10.7. The average molecular weight is 240 g/mol. The van der Waals surface area contributed by atoms with Crippen LogP contribution in [-0.4, -0.2) is 14.3 Å². The normalized spacial score (nSPS) is 10.5. The molecule has 0 unspecified atom stereocenters. The monoisotopic (exact) mass is 239 g/mol. The van der Waals surface area contributed by atoms with Gasteiger partial charge in [0.25, 0.3) is 0 Å². The van der Waals surface area contributed by atoms with Crippen molar-refractivity contribution < 1.29 is 0 Å². The molecule has 0 saturated carbocycles. The van der Waals surface area contributed by atoms with Crippen molar-refractivity contribution in [3.63, 3.8) is 0 Å². The molecule has 3 nitrogen and oxygen atoms in total. The van der Waals surface area contributed by atoms with E-state index in [4.69, 9.17) is 11.6 Å². The van der Waals surface area contributed by atoms with Gasteiger partial charge in [-0.1, -0.05) is 18.5 Å². The minimum Gasteiger partial charge on any atom is -0.232 e. The molecule has 0 N–H and O–H groups in total. The Hall–Kier alpha value is -1.00. The van der Waals surface area contributed by atoms with E-state index in [9.17, 15) is 0 Å². The van der Waals surface area contributed by atoms with E-state index in [2.05, 4.69) is 21.3 Å². The average Bonchev–Trinajstić information content (AvgIpc) is 2.70. The highest BCUT2D eigenvalue weighted by Gasteiger charge is 2.06. The molecule has 5 heteroatoms. The Morgan fingerprint density at radius 1 is 1.40 bits per heavy atom. The Balaban J connectivity index is 2.40. The molecule has 15 heavy (non-hydrogen) atoms. The van der Waals surface area contributed by atoms with Crippen molar-refractivity contribution in [3.05, 3.63) is 29.3 Å². The predicted octanol–water partition coefficient (Wildman–Crippen LogP) is 3.21. The topological polar surface area (TPSA) is 38.7 Å². The van der Waals surface area contributed by atoms with Crippen LogP contribution in [0.2, 0.25) is 5.15 Å². The molecule has 0 aliphatic heterocycles. The zero-order valence-corrected chi connectivity index (χ0v) is 9.85. The van der Waals surface area contributed by atoms with Gasteiger partial charge in [0.2, 0.25) is 0 Å². The van der Waals surface area contributed by atoms with Gasteiger partial charge in [-0.05, 0) is 24.0 Å². The molecule has 2 rings (SSSR count). The first-order chi connectivity index (χ1) is 7.29. The number of aromatic nitrogens is 3. The molecule has 2 aromatic heterocycles. The van der Waals surface area contributed by atoms with Gasteiger partial charge in [-0.2, -0.15) is 0 Å². The summed E-state index contributed by atoms with van der Waals surface area (Å²) in [5.41, 5.74) is 0.862. The van der Waals surface area contributed by atoms with Crippen LogP contribution in [0, 0.1) is 0 Å². The van der Waals surface area contributed by atoms with E-state index < -0.39 is 0 Å². The summed E-state index contributed by atoms with van der Waals surface area (Å²) in [6, 6.07) is 3.70. The molecule has 0 aliphatic carbocycles. The largest absolute Gasteiger partial charge is 0.232 e. The third kappa shape index (κ3) is 2.52. The fourth-order valence-corrected chi connectivity index (χ4v) is 2.03. The number of hydrogen-bond acceptors (Lipinski definition) is 4. The van der Waals surface area contributed by atoms with Crippen molar-refractivity contribution in [1.29, 1.82) is 0 Å². The highest BCUT2D eigenvalue weighted by molar-refractivity contribution is 7.09. The highest BCUT2D eigenvalue weighted by atomic mass is 35.5. The standard InChI is InChI=1S/C10H10ClN3S/c1-2-3-10-13-7(6-9(11)14-10)8-4-5-12-15-8/h4-6H,2-3H2,1H3. The van der Waals surface area contributed by atoms with Crippen LogP contribution in [0.15, 0.2) is 18.3 Å². The summed E-state index contributed by atoms with van der Waals surface area (Å²) in [6.45, 7) is 2.09. The Morgan fingerprint density at radius 2 is 2.27 bits per heavy atom. The third-order valence-electron chi connectivity index (χ3n) is 1.91. The lowest BCUT2D eigenvalue weighted by Crippen LogP contribution is -1.96. The van der Waals surface area contributed by atoms with Gasteiger partial charge in [-0.15, -0.1) is 0 Å². The van der Waals surface area contributed by atoms with Gasteiger partial charge in [-0.25, -0.2) is 14.3 Å². The van der Waals surface area contributed by atoms with E-state index >= 15 is 0 Å². The molecule has 0 aliphatic rings. The summed E-state index contributed by atoms with van der Waals surface area (Å²) in [5.74, 6) is 0.799. The van der Waals surface area contributed by atoms with E-state index in [0.29, 0.717) is 5.15 Å². The predicted molar refractivity (Wildman–Crippen MR) is 62.1 cm³/mol. The van der Waals surface area contributed by atoms with Gasteiger partial charge in [0.15, 0.2) is 0 Å². The molecule has 0 spiro atoms. The molecule has 2 heterocycles. The fraction of sp³-hybridized carbons (Fsp3) is 0.300. The minimum absolute atomic E-state index is 0.497. The Labute approximate surface area is 97.3 Å². The molecule has 2 aromatic rings. The molecule has 0 bridgehead atoms. The van der Waals surface area contributed by atoms with Gasteiger partial charge in [0, 0.05) is 18.7 Å². The second-order valence-electron chi connectivity index (χ2n) is 3.12. The second kappa shape index (κ2) is 4.68. The van der Waals surface area contributed by atoms with Crippen LogP contribution < -0.4 is 0 Å². The fourth-order valence-electron chi connectivity index (χ4n) is 1.27. The van der Waals surface area contributed by atoms with Crippen LogP contribution in [0.3, 0.4) is 0 Å². The first-order valence-corrected chi connectivity index (χ1v) is 5.89. The van der Waals surface area contributed by atoms with Gasteiger partial charge in [0.05, 0.1) is 10.6 Å². The molecule has 0 fully saturated rings. The van der Waals surface area contributed by atoms with Crippen molar-refractivity contribution in [1.82, 2.24) is 14.3 Å². The zero-order valence-electron chi connectivity index (χ0n) is 8.27. The third-order valence-corrected chi connectivity index (χ3v) is 2.87. The van der Waals surface area contributed by atoms with E-state index in [-0.39, 0.29) is 0 Å². The van der Waals surface area contributed by atoms with Crippen LogP contribution in [0.1, 0.15) is 19.2 Å². The Kier molecular flexibility index (Phi) is 3.28. The number of hydrogen-bond donors (Lipinski definition) is 0. The van der Waals surface area contributed by atoms with Crippen LogP contribution >= 0.6 is 23.1 Å². The molecule has 0 saturated heterocycles. The first kappa shape index (κ1) is 10.5. The van der Waals surface area contributed by atoms with Gasteiger partial charge in [-0.3, -0.25) is 0 Å². The van der Waals surface area contributed by atoms with Crippen molar-refractivity contribution in [2.24, 2.45) is 0 Å². The van der Waals surface area contributed by atoms with Gasteiger partial charge < -0.3 is 0 Å². The Morgan fingerprint density at radius 3 is 2.93 bits per heavy atom. The molecular weight excluding hydrogens is 230 g/mol. The number of halogens is 1. The quantitative estimate of drug-likeness (QED) is 0.772. The summed E-state index contributed by atoms with van der Waals surface area (Å²) >= 11 is 7.35. The molecule has 0 atom stereocenters. The van der Waals surface area contributed by atoms with Crippen molar-refractivity contribution >= 4 is 23.1 Å². The highest BCUT2D eigenvalue weighted by Crippen LogP contribution is 2.23. The van der Waals surface area contributed by atoms with Gasteiger partial charge in [0.1, 0.15) is 11.0 Å². The summed E-state index contributed by atoms with van der Waals surface area (Å²) in [4.78, 5) is 9.64. The molecule has 78 valence electrons. The lowest BCUT2D eigenvalue weighted by atomic mass is 10.3. The maximum Gasteiger partial charge on any atom is 0.133 e.